The van der Waals surface area contributed by atoms with Crippen molar-refractivity contribution in [2.24, 2.45) is 5.92 Å². The number of hydrogen-bond acceptors (Lipinski definition) is 3. The number of nitrogens with zero attached hydrogens (tertiary/aromatic N) is 1. The molecule has 0 spiro atoms. The number of piperidine rings is 1. The van der Waals surface area contributed by atoms with E-state index in [1.807, 2.05) is 12.1 Å². The third-order valence-corrected chi connectivity index (χ3v) is 4.33. The summed E-state index contributed by atoms with van der Waals surface area (Å²) in [5.74, 6) is -0.483. The predicted octanol–water partition coefficient (Wildman–Crippen LogP) is 3.54. The summed E-state index contributed by atoms with van der Waals surface area (Å²) in [6.07, 6.45) is 0.956. The molecule has 120 valence electrons. The molecule has 1 fully saturated rings. The maximum absolute atomic E-state index is 12.4. The van der Waals surface area contributed by atoms with Gasteiger partial charge in [0.25, 0.3) is 5.91 Å². The van der Waals surface area contributed by atoms with Crippen molar-refractivity contribution in [1.82, 2.24) is 4.90 Å². The summed E-state index contributed by atoms with van der Waals surface area (Å²) < 4.78 is 5.65. The lowest BCUT2D eigenvalue weighted by Crippen LogP contribution is -2.40. The highest BCUT2D eigenvalue weighted by Crippen LogP contribution is 2.25. The van der Waals surface area contributed by atoms with Crippen LogP contribution in [-0.2, 0) is 4.79 Å². The summed E-state index contributed by atoms with van der Waals surface area (Å²) in [7, 11) is 0. The zero-order valence-corrected chi connectivity index (χ0v) is 13.1. The number of furan rings is 1. The van der Waals surface area contributed by atoms with Gasteiger partial charge in [0, 0.05) is 23.7 Å². The zero-order chi connectivity index (χ0) is 16.4. The Kier molecular flexibility index (Phi) is 4.39. The van der Waals surface area contributed by atoms with E-state index in [0.29, 0.717) is 36.7 Å². The van der Waals surface area contributed by atoms with Gasteiger partial charge in [-0.2, -0.15) is 0 Å². The van der Waals surface area contributed by atoms with Gasteiger partial charge in [-0.25, -0.2) is 0 Å². The van der Waals surface area contributed by atoms with E-state index in [0.717, 1.165) is 5.56 Å². The van der Waals surface area contributed by atoms with Crippen molar-refractivity contribution < 1.29 is 19.1 Å². The molecule has 23 heavy (non-hydrogen) atoms. The second kappa shape index (κ2) is 6.46. The Morgan fingerprint density at radius 2 is 1.74 bits per heavy atom. The molecule has 2 heterocycles. The number of benzene rings is 1. The van der Waals surface area contributed by atoms with E-state index < -0.39 is 5.97 Å². The van der Waals surface area contributed by atoms with Gasteiger partial charge in [0.05, 0.1) is 5.92 Å². The number of rotatable bonds is 3. The molecule has 1 saturated heterocycles. The van der Waals surface area contributed by atoms with E-state index in [1.54, 1.807) is 29.2 Å². The predicted molar refractivity (Wildman–Crippen MR) is 85.4 cm³/mol. The third-order valence-electron chi connectivity index (χ3n) is 4.08. The van der Waals surface area contributed by atoms with E-state index in [4.69, 9.17) is 21.1 Å². The maximum atomic E-state index is 12.4. The molecular formula is C17H16ClNO4. The number of carboxylic acid groups (broad SMARTS) is 1. The molecule has 0 unspecified atom stereocenters. The quantitative estimate of drug-likeness (QED) is 0.932. The fourth-order valence-corrected chi connectivity index (χ4v) is 2.83. The van der Waals surface area contributed by atoms with Crippen molar-refractivity contribution >= 4 is 23.5 Å². The summed E-state index contributed by atoms with van der Waals surface area (Å²) in [6.45, 7) is 0.875. The van der Waals surface area contributed by atoms with Crippen molar-refractivity contribution in [3.8, 4) is 11.3 Å². The molecule has 1 amide bonds. The Morgan fingerprint density at radius 3 is 2.35 bits per heavy atom. The molecule has 1 aromatic heterocycles. The van der Waals surface area contributed by atoms with Crippen LogP contribution in [0.3, 0.4) is 0 Å². The molecule has 1 aromatic carbocycles. The lowest BCUT2D eigenvalue weighted by molar-refractivity contribution is -0.143. The fourth-order valence-electron chi connectivity index (χ4n) is 2.71. The normalized spacial score (nSPS) is 15.6. The molecule has 0 atom stereocenters. The second-order valence-electron chi connectivity index (χ2n) is 5.58. The van der Waals surface area contributed by atoms with Gasteiger partial charge in [-0.15, -0.1) is 0 Å². The average Bonchev–Trinajstić information content (AvgIpc) is 3.05. The molecule has 3 rings (SSSR count). The summed E-state index contributed by atoms with van der Waals surface area (Å²) in [5, 5.41) is 9.63. The van der Waals surface area contributed by atoms with Crippen LogP contribution in [0.1, 0.15) is 23.4 Å². The van der Waals surface area contributed by atoms with Crippen molar-refractivity contribution in [1.29, 1.82) is 0 Å². The molecule has 1 N–H and O–H groups in total. The summed E-state index contributed by atoms with van der Waals surface area (Å²) in [6, 6.07) is 10.6. The minimum atomic E-state index is -0.792. The van der Waals surface area contributed by atoms with Crippen molar-refractivity contribution in [2.75, 3.05) is 13.1 Å². The number of aliphatic carboxylic acids is 1. The summed E-state index contributed by atoms with van der Waals surface area (Å²) in [4.78, 5) is 25.0. The Hall–Kier alpha value is -2.27. The molecule has 0 aliphatic carbocycles. The third kappa shape index (κ3) is 3.40. The topological polar surface area (TPSA) is 70.8 Å². The van der Waals surface area contributed by atoms with Crippen LogP contribution in [-0.4, -0.2) is 35.0 Å². The highest BCUT2D eigenvalue weighted by Gasteiger charge is 2.28. The Bertz CT molecular complexity index is 714. The highest BCUT2D eigenvalue weighted by atomic mass is 35.5. The molecule has 1 aliphatic heterocycles. The van der Waals surface area contributed by atoms with Gasteiger partial charge in [-0.1, -0.05) is 11.6 Å². The van der Waals surface area contributed by atoms with Crippen LogP contribution < -0.4 is 0 Å². The number of halogens is 1. The van der Waals surface area contributed by atoms with Crippen LogP contribution in [0.4, 0.5) is 0 Å². The molecule has 6 heteroatoms. The monoisotopic (exact) mass is 333 g/mol. The number of likely N-dealkylation sites (tertiary alicyclic amines) is 1. The molecule has 0 radical (unpaired) electrons. The van der Waals surface area contributed by atoms with E-state index in [2.05, 4.69) is 0 Å². The number of amides is 1. The molecule has 0 bridgehead atoms. The van der Waals surface area contributed by atoms with Gasteiger partial charge in [0.1, 0.15) is 5.76 Å². The maximum Gasteiger partial charge on any atom is 0.306 e. The molecule has 1 aliphatic rings. The first kappa shape index (κ1) is 15.6. The number of carboxylic acids is 1. The molecule has 5 nitrogen and oxygen atoms in total. The first-order valence-corrected chi connectivity index (χ1v) is 7.80. The first-order valence-electron chi connectivity index (χ1n) is 7.42. The van der Waals surface area contributed by atoms with Crippen LogP contribution in [0.25, 0.3) is 11.3 Å². The average molecular weight is 334 g/mol. The van der Waals surface area contributed by atoms with Gasteiger partial charge in [0.2, 0.25) is 0 Å². The fraction of sp³-hybridized carbons (Fsp3) is 0.294. The first-order chi connectivity index (χ1) is 11.0. The molecule has 0 saturated carbocycles. The second-order valence-corrected chi connectivity index (χ2v) is 6.01. The SMILES string of the molecule is O=C(O)C1CCN(C(=O)c2ccc(-c3ccc(Cl)cc3)o2)CC1. The van der Waals surface area contributed by atoms with Gasteiger partial charge < -0.3 is 14.4 Å². The van der Waals surface area contributed by atoms with Crippen LogP contribution >= 0.6 is 11.6 Å². The van der Waals surface area contributed by atoms with E-state index in [9.17, 15) is 9.59 Å². The van der Waals surface area contributed by atoms with E-state index in [-0.39, 0.29) is 17.6 Å². The van der Waals surface area contributed by atoms with Gasteiger partial charge in [-0.05, 0) is 49.2 Å². The number of carbonyl (C=O) groups excluding carboxylic acids is 1. The van der Waals surface area contributed by atoms with Crippen molar-refractivity contribution in [2.45, 2.75) is 12.8 Å². The van der Waals surface area contributed by atoms with Crippen LogP contribution in [0.15, 0.2) is 40.8 Å². The van der Waals surface area contributed by atoms with Crippen LogP contribution in [0.2, 0.25) is 5.02 Å². The number of carbonyl (C=O) groups is 2. The largest absolute Gasteiger partial charge is 0.481 e. The van der Waals surface area contributed by atoms with E-state index in [1.165, 1.54) is 0 Å². The van der Waals surface area contributed by atoms with Gasteiger partial charge in [0.15, 0.2) is 5.76 Å². The van der Waals surface area contributed by atoms with Crippen LogP contribution in [0.5, 0.6) is 0 Å². The highest BCUT2D eigenvalue weighted by molar-refractivity contribution is 6.30. The minimum Gasteiger partial charge on any atom is -0.481 e. The smallest absolute Gasteiger partial charge is 0.306 e. The molecular weight excluding hydrogens is 318 g/mol. The lowest BCUT2D eigenvalue weighted by atomic mass is 9.97. The summed E-state index contributed by atoms with van der Waals surface area (Å²) in [5.41, 5.74) is 0.845. The minimum absolute atomic E-state index is 0.200. The lowest BCUT2D eigenvalue weighted by Gasteiger charge is -2.29. The van der Waals surface area contributed by atoms with Gasteiger partial charge in [-0.3, -0.25) is 9.59 Å². The van der Waals surface area contributed by atoms with Crippen molar-refractivity contribution in [3.05, 3.63) is 47.2 Å². The standard InChI is InChI=1S/C17H16ClNO4/c18-13-3-1-11(2-4-13)14-5-6-15(23-14)16(20)19-9-7-12(8-10-19)17(21)22/h1-6,12H,7-10H2,(H,21,22). The van der Waals surface area contributed by atoms with Crippen LogP contribution in [0, 0.1) is 5.92 Å². The Balaban J connectivity index is 1.69. The van der Waals surface area contributed by atoms with E-state index >= 15 is 0 Å². The summed E-state index contributed by atoms with van der Waals surface area (Å²) >= 11 is 5.86. The van der Waals surface area contributed by atoms with Crippen molar-refractivity contribution in [3.63, 3.8) is 0 Å². The Labute approximate surface area is 138 Å². The zero-order valence-electron chi connectivity index (χ0n) is 12.4. The Morgan fingerprint density at radius 1 is 1.09 bits per heavy atom. The van der Waals surface area contributed by atoms with Gasteiger partial charge >= 0.3 is 5.97 Å². The molecule has 2 aromatic rings. The number of hydrogen-bond donors (Lipinski definition) is 1.